The third kappa shape index (κ3) is 3.91. The summed E-state index contributed by atoms with van der Waals surface area (Å²) >= 11 is 0. The lowest BCUT2D eigenvalue weighted by atomic mass is 10.2. The van der Waals surface area contributed by atoms with E-state index in [1.54, 1.807) is 0 Å². The molecule has 1 aliphatic rings. The lowest BCUT2D eigenvalue weighted by Crippen LogP contribution is -2.47. The average Bonchev–Trinajstić information content (AvgIpc) is 2.47. The molecule has 0 bridgehead atoms. The van der Waals surface area contributed by atoms with Gasteiger partial charge in [0.1, 0.15) is 5.82 Å². The van der Waals surface area contributed by atoms with Gasteiger partial charge in [-0.15, -0.1) is 0 Å². The Morgan fingerprint density at radius 3 is 2.68 bits per heavy atom. The molecular formula is C15H26N4. The van der Waals surface area contributed by atoms with Crippen LogP contribution in [0.5, 0.6) is 0 Å². The summed E-state index contributed by atoms with van der Waals surface area (Å²) in [4.78, 5) is 9.57. The second kappa shape index (κ2) is 7.46. The molecule has 0 amide bonds. The maximum atomic E-state index is 4.59. The number of aromatic nitrogens is 1. The van der Waals surface area contributed by atoms with Crippen LogP contribution in [-0.2, 0) is 6.54 Å². The molecule has 1 aromatic rings. The quantitative estimate of drug-likeness (QED) is 0.846. The van der Waals surface area contributed by atoms with E-state index in [-0.39, 0.29) is 0 Å². The minimum atomic E-state index is 0.912. The second-order valence-electron chi connectivity index (χ2n) is 5.10. The lowest BCUT2D eigenvalue weighted by Gasteiger charge is -2.36. The number of nitrogens with one attached hydrogen (secondary N) is 1. The van der Waals surface area contributed by atoms with Crippen LogP contribution in [0.15, 0.2) is 18.3 Å². The van der Waals surface area contributed by atoms with E-state index in [2.05, 4.69) is 40.0 Å². The maximum absolute atomic E-state index is 4.59. The molecule has 0 atom stereocenters. The third-order valence-electron chi connectivity index (χ3n) is 3.64. The average molecular weight is 262 g/mol. The highest BCUT2D eigenvalue weighted by Gasteiger charge is 2.19. The highest BCUT2D eigenvalue weighted by atomic mass is 15.3. The minimum absolute atomic E-state index is 0.912. The van der Waals surface area contributed by atoms with Crippen LogP contribution in [0.2, 0.25) is 0 Å². The van der Waals surface area contributed by atoms with Crippen molar-refractivity contribution >= 4 is 5.82 Å². The van der Waals surface area contributed by atoms with Crippen molar-refractivity contribution in [3.05, 3.63) is 23.9 Å². The molecule has 1 aliphatic heterocycles. The van der Waals surface area contributed by atoms with Crippen LogP contribution in [0, 0.1) is 0 Å². The van der Waals surface area contributed by atoms with Gasteiger partial charge in [-0.25, -0.2) is 4.98 Å². The summed E-state index contributed by atoms with van der Waals surface area (Å²) in [6, 6.07) is 4.22. The summed E-state index contributed by atoms with van der Waals surface area (Å²) in [5.74, 6) is 1.17. The van der Waals surface area contributed by atoms with Gasteiger partial charge in [0.2, 0.25) is 0 Å². The van der Waals surface area contributed by atoms with E-state index < -0.39 is 0 Å². The van der Waals surface area contributed by atoms with Crippen LogP contribution in [-0.4, -0.2) is 49.2 Å². The molecule has 0 radical (unpaired) electrons. The number of hydrogen-bond donors (Lipinski definition) is 1. The summed E-state index contributed by atoms with van der Waals surface area (Å²) in [5, 5.41) is 3.40. The third-order valence-corrected chi connectivity index (χ3v) is 3.64. The number of hydrogen-bond acceptors (Lipinski definition) is 4. The van der Waals surface area contributed by atoms with Crippen LogP contribution in [0.4, 0.5) is 5.82 Å². The molecule has 0 saturated carbocycles. The molecule has 1 N–H and O–H groups in total. The van der Waals surface area contributed by atoms with Crippen molar-refractivity contribution in [3.8, 4) is 0 Å². The van der Waals surface area contributed by atoms with Gasteiger partial charge in [0, 0.05) is 44.5 Å². The molecule has 1 aromatic heterocycles. The fourth-order valence-corrected chi connectivity index (χ4v) is 2.61. The predicted octanol–water partition coefficient (Wildman–Crippen LogP) is 1.72. The highest BCUT2D eigenvalue weighted by molar-refractivity contribution is 5.47. The second-order valence-corrected chi connectivity index (χ2v) is 5.10. The van der Waals surface area contributed by atoms with Gasteiger partial charge in [0.15, 0.2) is 0 Å². The number of anilines is 1. The predicted molar refractivity (Wildman–Crippen MR) is 80.6 cm³/mol. The number of pyridine rings is 1. The van der Waals surface area contributed by atoms with E-state index >= 15 is 0 Å². The topological polar surface area (TPSA) is 31.4 Å². The first-order chi connectivity index (χ1) is 9.35. The van der Waals surface area contributed by atoms with Gasteiger partial charge in [-0.05, 0) is 25.6 Å². The number of nitrogens with zero attached hydrogens (tertiary/aromatic N) is 3. The zero-order chi connectivity index (χ0) is 13.5. The summed E-state index contributed by atoms with van der Waals surface area (Å²) in [5.41, 5.74) is 1.31. The van der Waals surface area contributed by atoms with Crippen molar-refractivity contribution < 1.29 is 0 Å². The Morgan fingerprint density at radius 2 is 2.00 bits per heavy atom. The normalized spacial score (nSPS) is 16.8. The van der Waals surface area contributed by atoms with Crippen molar-refractivity contribution in [1.29, 1.82) is 0 Å². The SMILES string of the molecule is CCCN1CCN(c2ncccc2CNCC)CC1. The van der Waals surface area contributed by atoms with E-state index in [4.69, 9.17) is 0 Å². The molecule has 4 nitrogen and oxygen atoms in total. The zero-order valence-corrected chi connectivity index (χ0v) is 12.2. The first kappa shape index (κ1) is 14.3. The molecule has 0 aromatic carbocycles. The van der Waals surface area contributed by atoms with Gasteiger partial charge in [-0.2, -0.15) is 0 Å². The summed E-state index contributed by atoms with van der Waals surface area (Å²) < 4.78 is 0. The molecule has 2 rings (SSSR count). The molecule has 1 fully saturated rings. The van der Waals surface area contributed by atoms with Crippen molar-refractivity contribution in [2.75, 3.05) is 44.2 Å². The van der Waals surface area contributed by atoms with Gasteiger partial charge >= 0.3 is 0 Å². The molecule has 0 aliphatic carbocycles. The first-order valence-electron chi connectivity index (χ1n) is 7.47. The zero-order valence-electron chi connectivity index (χ0n) is 12.2. The van der Waals surface area contributed by atoms with Crippen LogP contribution in [0.3, 0.4) is 0 Å². The lowest BCUT2D eigenvalue weighted by molar-refractivity contribution is 0.258. The molecule has 2 heterocycles. The molecule has 19 heavy (non-hydrogen) atoms. The molecule has 0 unspecified atom stereocenters. The van der Waals surface area contributed by atoms with E-state index in [9.17, 15) is 0 Å². The molecule has 0 spiro atoms. The van der Waals surface area contributed by atoms with Gasteiger partial charge in [-0.1, -0.05) is 19.9 Å². The fourth-order valence-electron chi connectivity index (χ4n) is 2.61. The number of piperazine rings is 1. The Balaban J connectivity index is 1.98. The van der Waals surface area contributed by atoms with Crippen molar-refractivity contribution in [2.45, 2.75) is 26.8 Å². The van der Waals surface area contributed by atoms with E-state index in [0.29, 0.717) is 0 Å². The van der Waals surface area contributed by atoms with Crippen LogP contribution >= 0.6 is 0 Å². The Labute approximate surface area is 116 Å². The van der Waals surface area contributed by atoms with E-state index in [1.165, 1.54) is 24.3 Å². The van der Waals surface area contributed by atoms with E-state index in [1.807, 2.05) is 12.3 Å². The molecule has 106 valence electrons. The molecule has 4 heteroatoms. The summed E-state index contributed by atoms with van der Waals surface area (Å²) in [6.45, 7) is 12.0. The van der Waals surface area contributed by atoms with Crippen molar-refractivity contribution in [3.63, 3.8) is 0 Å². The maximum Gasteiger partial charge on any atom is 0.133 e. The summed E-state index contributed by atoms with van der Waals surface area (Å²) in [7, 11) is 0. The Hall–Kier alpha value is -1.13. The summed E-state index contributed by atoms with van der Waals surface area (Å²) in [6.07, 6.45) is 3.15. The monoisotopic (exact) mass is 262 g/mol. The van der Waals surface area contributed by atoms with Crippen molar-refractivity contribution in [2.24, 2.45) is 0 Å². The van der Waals surface area contributed by atoms with Crippen LogP contribution in [0.1, 0.15) is 25.8 Å². The fraction of sp³-hybridized carbons (Fsp3) is 0.667. The Morgan fingerprint density at radius 1 is 1.21 bits per heavy atom. The minimum Gasteiger partial charge on any atom is -0.354 e. The van der Waals surface area contributed by atoms with Gasteiger partial charge < -0.3 is 10.2 Å². The highest BCUT2D eigenvalue weighted by Crippen LogP contribution is 2.18. The van der Waals surface area contributed by atoms with E-state index in [0.717, 1.165) is 39.3 Å². The standard InChI is InChI=1S/C15H26N4/c1-3-8-18-9-11-19(12-10-18)15-14(13-16-4-2)6-5-7-17-15/h5-7,16H,3-4,8-13H2,1-2H3. The van der Waals surface area contributed by atoms with Crippen LogP contribution in [0.25, 0.3) is 0 Å². The van der Waals surface area contributed by atoms with Gasteiger partial charge in [0.05, 0.1) is 0 Å². The number of rotatable bonds is 6. The van der Waals surface area contributed by atoms with Crippen LogP contribution < -0.4 is 10.2 Å². The van der Waals surface area contributed by atoms with Gasteiger partial charge in [-0.3, -0.25) is 4.90 Å². The van der Waals surface area contributed by atoms with Gasteiger partial charge in [0.25, 0.3) is 0 Å². The Bertz CT molecular complexity index is 372. The largest absolute Gasteiger partial charge is 0.354 e. The molecule has 1 saturated heterocycles. The Kier molecular flexibility index (Phi) is 5.61. The smallest absolute Gasteiger partial charge is 0.133 e. The van der Waals surface area contributed by atoms with Crippen molar-refractivity contribution in [1.82, 2.24) is 15.2 Å². The molecular weight excluding hydrogens is 236 g/mol. The first-order valence-corrected chi connectivity index (χ1v) is 7.47.